The Labute approximate surface area is 103 Å². The van der Waals surface area contributed by atoms with E-state index in [2.05, 4.69) is 43.6 Å². The van der Waals surface area contributed by atoms with Crippen LogP contribution in [0.5, 0.6) is 0 Å². The van der Waals surface area contributed by atoms with Crippen molar-refractivity contribution in [3.63, 3.8) is 0 Å². The van der Waals surface area contributed by atoms with Gasteiger partial charge >= 0.3 is 0 Å². The fourth-order valence-corrected chi connectivity index (χ4v) is 2.15. The van der Waals surface area contributed by atoms with Crippen LogP contribution in [0.25, 0.3) is 0 Å². The Morgan fingerprint density at radius 2 is 2.25 bits per heavy atom. The zero-order chi connectivity index (χ0) is 11.8. The molecular weight excluding hydrogens is 218 g/mol. The van der Waals surface area contributed by atoms with Crippen LogP contribution in [0.2, 0.25) is 0 Å². The van der Waals surface area contributed by atoms with E-state index in [1.54, 1.807) is 11.3 Å². The second-order valence-corrected chi connectivity index (χ2v) is 5.40. The third-order valence-corrected chi connectivity index (χ3v) is 3.26. The summed E-state index contributed by atoms with van der Waals surface area (Å²) in [6, 6.07) is 4.73. The second-order valence-electron chi connectivity index (χ2n) is 4.36. The second kappa shape index (κ2) is 7.82. The van der Waals surface area contributed by atoms with E-state index >= 15 is 0 Å². The maximum absolute atomic E-state index is 5.93. The third kappa shape index (κ3) is 5.64. The van der Waals surface area contributed by atoms with Gasteiger partial charge in [0.05, 0.1) is 12.7 Å². The van der Waals surface area contributed by atoms with E-state index in [1.165, 1.54) is 11.3 Å². The molecule has 0 saturated heterocycles. The SMILES string of the molecule is CCCC(CNC(C)C)OCc1cccs1. The lowest BCUT2D eigenvalue weighted by atomic mass is 10.2. The van der Waals surface area contributed by atoms with Gasteiger partial charge in [-0.3, -0.25) is 0 Å². The lowest BCUT2D eigenvalue weighted by Crippen LogP contribution is -2.33. The summed E-state index contributed by atoms with van der Waals surface area (Å²) < 4.78 is 5.93. The molecule has 1 N–H and O–H groups in total. The molecule has 1 heterocycles. The Hall–Kier alpha value is -0.380. The molecule has 2 nitrogen and oxygen atoms in total. The molecular formula is C13H23NOS. The van der Waals surface area contributed by atoms with Gasteiger partial charge in [0.25, 0.3) is 0 Å². The van der Waals surface area contributed by atoms with Gasteiger partial charge in [0.15, 0.2) is 0 Å². The molecule has 1 aromatic rings. The normalized spacial score (nSPS) is 13.2. The van der Waals surface area contributed by atoms with Crippen molar-refractivity contribution in [2.75, 3.05) is 6.54 Å². The lowest BCUT2D eigenvalue weighted by Gasteiger charge is -2.19. The van der Waals surface area contributed by atoms with Gasteiger partial charge < -0.3 is 10.1 Å². The molecule has 1 aromatic heterocycles. The highest BCUT2D eigenvalue weighted by molar-refractivity contribution is 7.09. The van der Waals surface area contributed by atoms with Crippen LogP contribution in [0.3, 0.4) is 0 Å². The number of ether oxygens (including phenoxy) is 1. The van der Waals surface area contributed by atoms with E-state index in [9.17, 15) is 0 Å². The van der Waals surface area contributed by atoms with Gasteiger partial charge in [0.2, 0.25) is 0 Å². The molecule has 0 aliphatic carbocycles. The Morgan fingerprint density at radius 1 is 1.44 bits per heavy atom. The molecule has 1 rings (SSSR count). The minimum atomic E-state index is 0.342. The summed E-state index contributed by atoms with van der Waals surface area (Å²) in [5, 5.41) is 5.54. The predicted molar refractivity (Wildman–Crippen MR) is 70.9 cm³/mol. The fourth-order valence-electron chi connectivity index (χ4n) is 1.53. The summed E-state index contributed by atoms with van der Waals surface area (Å²) in [4.78, 5) is 1.31. The van der Waals surface area contributed by atoms with Gasteiger partial charge in [-0.25, -0.2) is 0 Å². The van der Waals surface area contributed by atoms with Crippen molar-refractivity contribution in [3.05, 3.63) is 22.4 Å². The molecule has 1 unspecified atom stereocenters. The van der Waals surface area contributed by atoms with E-state index in [0.29, 0.717) is 12.1 Å². The molecule has 0 spiro atoms. The quantitative estimate of drug-likeness (QED) is 0.753. The summed E-state index contributed by atoms with van der Waals surface area (Å²) in [6.07, 6.45) is 2.65. The van der Waals surface area contributed by atoms with Crippen LogP contribution < -0.4 is 5.32 Å². The van der Waals surface area contributed by atoms with Crippen molar-refractivity contribution in [1.29, 1.82) is 0 Å². The standard InChI is InChI=1S/C13H23NOS/c1-4-6-12(9-14-11(2)3)15-10-13-7-5-8-16-13/h5,7-8,11-12,14H,4,6,9-10H2,1-3H3. The van der Waals surface area contributed by atoms with E-state index in [0.717, 1.165) is 19.6 Å². The molecule has 0 amide bonds. The Bertz CT molecular complexity index is 259. The topological polar surface area (TPSA) is 21.3 Å². The summed E-state index contributed by atoms with van der Waals surface area (Å²) >= 11 is 1.76. The van der Waals surface area contributed by atoms with Gasteiger partial charge in [0, 0.05) is 17.5 Å². The molecule has 0 radical (unpaired) electrons. The molecule has 0 aromatic carbocycles. The summed E-state index contributed by atoms with van der Waals surface area (Å²) in [5.41, 5.74) is 0. The molecule has 0 bridgehead atoms. The monoisotopic (exact) mass is 241 g/mol. The first-order valence-electron chi connectivity index (χ1n) is 6.09. The highest BCUT2D eigenvalue weighted by atomic mass is 32.1. The van der Waals surface area contributed by atoms with E-state index in [-0.39, 0.29) is 0 Å². The average molecular weight is 241 g/mol. The number of thiophene rings is 1. The van der Waals surface area contributed by atoms with Crippen LogP contribution in [-0.4, -0.2) is 18.7 Å². The smallest absolute Gasteiger partial charge is 0.0813 e. The van der Waals surface area contributed by atoms with E-state index in [1.807, 2.05) is 0 Å². The molecule has 0 fully saturated rings. The van der Waals surface area contributed by atoms with Crippen LogP contribution in [0, 0.1) is 0 Å². The van der Waals surface area contributed by atoms with Crippen molar-refractivity contribution in [3.8, 4) is 0 Å². The third-order valence-electron chi connectivity index (χ3n) is 2.41. The molecule has 3 heteroatoms. The summed E-state index contributed by atoms with van der Waals surface area (Å²) in [7, 11) is 0. The van der Waals surface area contributed by atoms with E-state index in [4.69, 9.17) is 4.74 Å². The average Bonchev–Trinajstić information content (AvgIpc) is 2.75. The first-order chi connectivity index (χ1) is 7.72. The number of nitrogens with one attached hydrogen (secondary N) is 1. The van der Waals surface area contributed by atoms with Gasteiger partial charge in [-0.1, -0.05) is 33.3 Å². The van der Waals surface area contributed by atoms with Gasteiger partial charge in [0.1, 0.15) is 0 Å². The minimum absolute atomic E-state index is 0.342. The Kier molecular flexibility index (Phi) is 6.69. The van der Waals surface area contributed by atoms with Gasteiger partial charge in [-0.05, 0) is 17.9 Å². The van der Waals surface area contributed by atoms with Crippen LogP contribution in [-0.2, 0) is 11.3 Å². The van der Waals surface area contributed by atoms with E-state index < -0.39 is 0 Å². The largest absolute Gasteiger partial charge is 0.371 e. The molecule has 16 heavy (non-hydrogen) atoms. The molecule has 0 saturated carbocycles. The maximum Gasteiger partial charge on any atom is 0.0813 e. The first kappa shape index (κ1) is 13.7. The van der Waals surface area contributed by atoms with Crippen LogP contribution >= 0.6 is 11.3 Å². The summed E-state index contributed by atoms with van der Waals surface area (Å²) in [5.74, 6) is 0. The number of hydrogen-bond donors (Lipinski definition) is 1. The number of rotatable bonds is 8. The molecule has 0 aliphatic heterocycles. The van der Waals surface area contributed by atoms with Crippen LogP contribution in [0.4, 0.5) is 0 Å². The predicted octanol–water partition coefficient (Wildman–Crippen LogP) is 3.43. The highest BCUT2D eigenvalue weighted by Crippen LogP contribution is 2.12. The number of hydrogen-bond acceptors (Lipinski definition) is 3. The Balaban J connectivity index is 2.27. The first-order valence-corrected chi connectivity index (χ1v) is 6.97. The Morgan fingerprint density at radius 3 is 2.81 bits per heavy atom. The van der Waals surface area contributed by atoms with Crippen LogP contribution in [0.1, 0.15) is 38.5 Å². The maximum atomic E-state index is 5.93. The van der Waals surface area contributed by atoms with Crippen molar-refractivity contribution in [1.82, 2.24) is 5.32 Å². The molecule has 0 aliphatic rings. The van der Waals surface area contributed by atoms with Gasteiger partial charge in [-0.2, -0.15) is 0 Å². The van der Waals surface area contributed by atoms with Gasteiger partial charge in [-0.15, -0.1) is 11.3 Å². The van der Waals surface area contributed by atoms with Crippen molar-refractivity contribution < 1.29 is 4.74 Å². The minimum Gasteiger partial charge on any atom is -0.371 e. The van der Waals surface area contributed by atoms with Crippen molar-refractivity contribution in [2.24, 2.45) is 0 Å². The molecule has 92 valence electrons. The highest BCUT2D eigenvalue weighted by Gasteiger charge is 2.09. The summed E-state index contributed by atoms with van der Waals surface area (Å²) in [6.45, 7) is 8.25. The zero-order valence-corrected chi connectivity index (χ0v) is 11.3. The zero-order valence-electron chi connectivity index (χ0n) is 10.5. The lowest BCUT2D eigenvalue weighted by molar-refractivity contribution is 0.0351. The van der Waals surface area contributed by atoms with Crippen molar-refractivity contribution >= 4 is 11.3 Å². The fraction of sp³-hybridized carbons (Fsp3) is 0.692. The van der Waals surface area contributed by atoms with Crippen LogP contribution in [0.15, 0.2) is 17.5 Å². The molecule has 1 atom stereocenters. The van der Waals surface area contributed by atoms with Crippen molar-refractivity contribution in [2.45, 2.75) is 52.4 Å².